The summed E-state index contributed by atoms with van der Waals surface area (Å²) in [6.07, 6.45) is -1.74. The van der Waals surface area contributed by atoms with Crippen LogP contribution in [0.2, 0.25) is 0 Å². The van der Waals surface area contributed by atoms with E-state index in [-0.39, 0.29) is 12.2 Å². The molecule has 204 valence electrons. The van der Waals surface area contributed by atoms with E-state index in [9.17, 15) is 0 Å². The van der Waals surface area contributed by atoms with Crippen molar-refractivity contribution in [3.05, 3.63) is 35.9 Å². The van der Waals surface area contributed by atoms with Crippen LogP contribution in [0.15, 0.2) is 30.3 Å². The molecule has 1 aromatic rings. The second kappa shape index (κ2) is 15.3. The second-order valence-corrected chi connectivity index (χ2v) is 9.04. The van der Waals surface area contributed by atoms with E-state index in [4.69, 9.17) is 42.6 Å². The van der Waals surface area contributed by atoms with Gasteiger partial charge in [0.15, 0.2) is 12.6 Å². The Morgan fingerprint density at radius 2 is 1.53 bits per heavy atom. The summed E-state index contributed by atoms with van der Waals surface area (Å²) in [5.74, 6) is 0. The van der Waals surface area contributed by atoms with Crippen molar-refractivity contribution >= 4 is 0 Å². The predicted molar refractivity (Wildman–Crippen MR) is 130 cm³/mol. The fourth-order valence-electron chi connectivity index (χ4n) is 4.73. The molecule has 0 radical (unpaired) electrons. The molecule has 36 heavy (non-hydrogen) atoms. The van der Waals surface area contributed by atoms with E-state index in [1.807, 2.05) is 30.3 Å². The van der Waals surface area contributed by atoms with Gasteiger partial charge in [-0.15, -0.1) is 0 Å². The molecule has 0 saturated carbocycles. The highest BCUT2D eigenvalue weighted by atomic mass is 16.8. The average Bonchev–Trinajstić information content (AvgIpc) is 2.92. The van der Waals surface area contributed by atoms with Crippen LogP contribution in [0, 0.1) is 0 Å². The zero-order chi connectivity index (χ0) is 25.0. The molecule has 0 amide bonds. The van der Waals surface area contributed by atoms with E-state index >= 15 is 0 Å². The van der Waals surface area contributed by atoms with Crippen molar-refractivity contribution in [3.63, 3.8) is 0 Å². The van der Waals surface area contributed by atoms with Crippen molar-refractivity contribution in [2.24, 2.45) is 0 Å². The van der Waals surface area contributed by atoms with Crippen LogP contribution in [0.4, 0.5) is 0 Å². The average molecular weight is 512 g/mol. The maximum atomic E-state index is 6.39. The summed E-state index contributed by atoms with van der Waals surface area (Å²) in [4.78, 5) is 2.33. The minimum atomic E-state index is -0.607. The quantitative estimate of drug-likeness (QED) is 0.525. The number of methoxy groups -OCH3 is 2. The summed E-state index contributed by atoms with van der Waals surface area (Å²) in [5, 5.41) is 0. The zero-order valence-corrected chi connectivity index (χ0v) is 21.5. The Balaban J connectivity index is 1.40. The first-order valence-electron chi connectivity index (χ1n) is 12.9. The van der Waals surface area contributed by atoms with Gasteiger partial charge in [-0.3, -0.25) is 4.90 Å². The van der Waals surface area contributed by atoms with Crippen molar-refractivity contribution in [2.75, 3.05) is 86.7 Å². The molecule has 3 aliphatic heterocycles. The Kier molecular flexibility index (Phi) is 11.8. The van der Waals surface area contributed by atoms with Crippen LogP contribution in [-0.2, 0) is 42.6 Å². The smallest absolute Gasteiger partial charge is 0.186 e. The van der Waals surface area contributed by atoms with Gasteiger partial charge in [0, 0.05) is 46.0 Å². The molecule has 0 bridgehead atoms. The van der Waals surface area contributed by atoms with Gasteiger partial charge in [0.05, 0.1) is 46.2 Å². The maximum Gasteiger partial charge on any atom is 0.186 e. The predicted octanol–water partition coefficient (Wildman–Crippen LogP) is 1.63. The molecule has 10 nitrogen and oxygen atoms in total. The molecule has 0 spiro atoms. The third-order valence-corrected chi connectivity index (χ3v) is 6.59. The lowest BCUT2D eigenvalue weighted by Gasteiger charge is -2.48. The van der Waals surface area contributed by atoms with Gasteiger partial charge in [-0.1, -0.05) is 30.3 Å². The standard InChI is InChI=1S/C26H41NO9/c1-28-12-6-9-27-10-13-30-15-17-32-23-22-21(19-34-25(36-22)20-7-4-3-5-8-20)35-26(29-2)24(23)33-18-16-31-14-11-27/h3-5,7-8,21-26H,6,9-19H2,1-2H3/t21-,22-,23+,24-,25-,26+/m1/s1. The summed E-state index contributed by atoms with van der Waals surface area (Å²) in [7, 11) is 3.33. The SMILES string of the molecule is COCCCN1CCOCCO[C@@H]2[C@@H](OCCOCC1)[C@@H](OC)O[C@@H]1CO[C@@H](c3ccccc3)O[C@@H]21. The number of ether oxygens (including phenoxy) is 9. The third-order valence-electron chi connectivity index (χ3n) is 6.59. The molecule has 0 N–H and O–H groups in total. The summed E-state index contributed by atoms with van der Waals surface area (Å²) >= 11 is 0. The Hall–Kier alpha value is -1.18. The molecule has 6 atom stereocenters. The fourth-order valence-corrected chi connectivity index (χ4v) is 4.73. The number of nitrogens with zero attached hydrogens (tertiary/aromatic N) is 1. The van der Waals surface area contributed by atoms with E-state index in [0.717, 1.165) is 38.2 Å². The highest BCUT2D eigenvalue weighted by molar-refractivity contribution is 5.16. The lowest BCUT2D eigenvalue weighted by atomic mass is 9.97. The minimum Gasteiger partial charge on any atom is -0.385 e. The van der Waals surface area contributed by atoms with E-state index in [2.05, 4.69) is 4.90 Å². The van der Waals surface area contributed by atoms with E-state index in [1.54, 1.807) is 14.2 Å². The molecule has 3 aliphatic rings. The van der Waals surface area contributed by atoms with Crippen molar-refractivity contribution in [1.82, 2.24) is 4.90 Å². The minimum absolute atomic E-state index is 0.334. The first-order chi connectivity index (χ1) is 17.8. The van der Waals surface area contributed by atoms with Crippen molar-refractivity contribution < 1.29 is 42.6 Å². The van der Waals surface area contributed by atoms with E-state index < -0.39 is 24.8 Å². The van der Waals surface area contributed by atoms with Crippen molar-refractivity contribution in [1.29, 1.82) is 0 Å². The van der Waals surface area contributed by atoms with Gasteiger partial charge in [-0.25, -0.2) is 0 Å². The summed E-state index contributed by atoms with van der Waals surface area (Å²) in [6, 6.07) is 9.88. The molecule has 0 aromatic heterocycles. The van der Waals surface area contributed by atoms with Gasteiger partial charge in [0.25, 0.3) is 0 Å². The second-order valence-electron chi connectivity index (χ2n) is 9.04. The monoisotopic (exact) mass is 511 g/mol. The molecule has 10 heteroatoms. The van der Waals surface area contributed by atoms with E-state index in [1.165, 1.54) is 0 Å². The molecule has 3 fully saturated rings. The lowest BCUT2D eigenvalue weighted by molar-refractivity contribution is -0.368. The number of benzene rings is 1. The molecular formula is C26H41NO9. The largest absolute Gasteiger partial charge is 0.385 e. The topological polar surface area (TPSA) is 86.3 Å². The fraction of sp³-hybridized carbons (Fsp3) is 0.769. The number of rotatable bonds is 6. The molecule has 3 heterocycles. The van der Waals surface area contributed by atoms with E-state index in [0.29, 0.717) is 46.2 Å². The van der Waals surface area contributed by atoms with Gasteiger partial charge in [-0.2, -0.15) is 0 Å². The molecular weight excluding hydrogens is 470 g/mol. The van der Waals surface area contributed by atoms with Crippen LogP contribution < -0.4 is 0 Å². The van der Waals surface area contributed by atoms with Gasteiger partial charge in [-0.05, 0) is 6.42 Å². The normalized spacial score (nSPS) is 33.6. The van der Waals surface area contributed by atoms with Crippen molar-refractivity contribution in [3.8, 4) is 0 Å². The molecule has 1 aromatic carbocycles. The molecule has 4 rings (SSSR count). The van der Waals surface area contributed by atoms with Crippen LogP contribution >= 0.6 is 0 Å². The molecule has 3 saturated heterocycles. The highest BCUT2D eigenvalue weighted by Crippen LogP contribution is 2.36. The Morgan fingerprint density at radius 1 is 0.806 bits per heavy atom. The first kappa shape index (κ1) is 27.8. The zero-order valence-electron chi connectivity index (χ0n) is 21.5. The van der Waals surface area contributed by atoms with Crippen LogP contribution in [0.3, 0.4) is 0 Å². The van der Waals surface area contributed by atoms with Crippen LogP contribution in [0.1, 0.15) is 18.3 Å². The van der Waals surface area contributed by atoms with Crippen LogP contribution in [0.25, 0.3) is 0 Å². The number of fused-ring (bicyclic) bond motifs is 3. The Morgan fingerprint density at radius 3 is 2.22 bits per heavy atom. The molecule has 0 aliphatic carbocycles. The summed E-state index contributed by atoms with van der Waals surface area (Å²) in [5.41, 5.74) is 0.950. The lowest BCUT2D eigenvalue weighted by Crippen LogP contribution is -2.63. The third kappa shape index (κ3) is 7.91. The van der Waals surface area contributed by atoms with Crippen molar-refractivity contribution in [2.45, 2.75) is 43.4 Å². The maximum absolute atomic E-state index is 6.39. The van der Waals surface area contributed by atoms with Gasteiger partial charge < -0.3 is 42.6 Å². The summed E-state index contributed by atoms with van der Waals surface area (Å²) in [6.45, 7) is 6.70. The summed E-state index contributed by atoms with van der Waals surface area (Å²) < 4.78 is 53.7. The highest BCUT2D eigenvalue weighted by Gasteiger charge is 2.51. The van der Waals surface area contributed by atoms with Gasteiger partial charge >= 0.3 is 0 Å². The first-order valence-corrected chi connectivity index (χ1v) is 12.9. The Bertz CT molecular complexity index is 727. The number of hydrogen-bond acceptors (Lipinski definition) is 10. The van der Waals surface area contributed by atoms with Crippen LogP contribution in [0.5, 0.6) is 0 Å². The van der Waals surface area contributed by atoms with Gasteiger partial charge in [0.2, 0.25) is 0 Å². The Labute approximate surface area is 213 Å². The van der Waals surface area contributed by atoms with Crippen LogP contribution in [-0.4, -0.2) is 122 Å². The number of hydrogen-bond donors (Lipinski definition) is 0. The van der Waals surface area contributed by atoms with Gasteiger partial charge in [0.1, 0.15) is 24.4 Å². The molecule has 0 unspecified atom stereocenters.